The van der Waals surface area contributed by atoms with Crippen molar-refractivity contribution in [1.29, 1.82) is 0 Å². The third kappa shape index (κ3) is 2.89. The summed E-state index contributed by atoms with van der Waals surface area (Å²) >= 11 is 0. The second-order valence-electron chi connectivity index (χ2n) is 4.80. The van der Waals surface area contributed by atoms with Crippen LogP contribution in [0.5, 0.6) is 0 Å². The van der Waals surface area contributed by atoms with Crippen LogP contribution in [0, 0.1) is 5.92 Å². The Hall–Kier alpha value is -1.98. The average Bonchev–Trinajstić information content (AvgIpc) is 2.79. The zero-order chi connectivity index (χ0) is 13.8. The van der Waals surface area contributed by atoms with Gasteiger partial charge in [0.15, 0.2) is 11.5 Å². The number of fused-ring (bicyclic) bond motifs is 1. The van der Waals surface area contributed by atoms with Crippen LogP contribution in [-0.4, -0.2) is 32.2 Å². The molecule has 6 nitrogen and oxygen atoms in total. The third-order valence-electron chi connectivity index (χ3n) is 2.83. The highest BCUT2D eigenvalue weighted by Crippen LogP contribution is 2.24. The van der Waals surface area contributed by atoms with Crippen LogP contribution in [0.4, 0.5) is 0 Å². The Morgan fingerprint density at radius 3 is 2.89 bits per heavy atom. The average molecular weight is 262 g/mol. The van der Waals surface area contributed by atoms with Gasteiger partial charge in [0, 0.05) is 12.4 Å². The van der Waals surface area contributed by atoms with E-state index >= 15 is 0 Å². The summed E-state index contributed by atoms with van der Waals surface area (Å²) < 4.78 is 6.93. The number of hydrogen-bond donors (Lipinski definition) is 0. The Morgan fingerprint density at radius 2 is 2.21 bits per heavy atom. The minimum absolute atomic E-state index is 0.248. The quantitative estimate of drug-likeness (QED) is 0.769. The van der Waals surface area contributed by atoms with Crippen LogP contribution < -0.4 is 0 Å². The van der Waals surface area contributed by atoms with E-state index in [0.29, 0.717) is 30.4 Å². The van der Waals surface area contributed by atoms with Crippen LogP contribution in [0.3, 0.4) is 0 Å². The van der Waals surface area contributed by atoms with Crippen LogP contribution in [-0.2, 0) is 9.53 Å². The zero-order valence-corrected chi connectivity index (χ0v) is 11.4. The van der Waals surface area contributed by atoms with Gasteiger partial charge in [0.05, 0.1) is 12.8 Å². The largest absolute Gasteiger partial charge is 0.465 e. The van der Waals surface area contributed by atoms with Crippen LogP contribution >= 0.6 is 0 Å². The van der Waals surface area contributed by atoms with Crippen molar-refractivity contribution in [2.75, 3.05) is 6.61 Å². The zero-order valence-electron chi connectivity index (χ0n) is 11.4. The molecule has 0 aliphatic heterocycles. The predicted molar refractivity (Wildman–Crippen MR) is 69.6 cm³/mol. The monoisotopic (exact) mass is 262 g/mol. The lowest BCUT2D eigenvalue weighted by Crippen LogP contribution is -2.20. The van der Waals surface area contributed by atoms with Crippen LogP contribution in [0.15, 0.2) is 18.6 Å². The number of aromatic nitrogens is 4. The normalized spacial score (nSPS) is 12.8. The molecule has 0 aromatic carbocycles. The summed E-state index contributed by atoms with van der Waals surface area (Å²) in [5.41, 5.74) is 0.635. The molecule has 2 aromatic heterocycles. The number of carbonyl (C=O) groups excluding carboxylic acids is 1. The van der Waals surface area contributed by atoms with Crippen molar-refractivity contribution in [2.24, 2.45) is 5.92 Å². The molecule has 1 atom stereocenters. The molecule has 0 aliphatic carbocycles. The minimum Gasteiger partial charge on any atom is -0.465 e. The lowest BCUT2D eigenvalue weighted by Gasteiger charge is -2.15. The molecule has 0 bridgehead atoms. The molecule has 0 radical (unpaired) electrons. The third-order valence-corrected chi connectivity index (χ3v) is 2.83. The van der Waals surface area contributed by atoms with Gasteiger partial charge in [-0.25, -0.2) is 0 Å². The van der Waals surface area contributed by atoms with Crippen molar-refractivity contribution in [3.8, 4) is 0 Å². The lowest BCUT2D eigenvalue weighted by atomic mass is 9.96. The fourth-order valence-corrected chi connectivity index (χ4v) is 2.03. The molecule has 0 saturated carbocycles. The summed E-state index contributed by atoms with van der Waals surface area (Å²) in [5.74, 6) is 0.341. The first-order valence-corrected chi connectivity index (χ1v) is 6.44. The summed E-state index contributed by atoms with van der Waals surface area (Å²) in [5, 5.41) is 8.16. The molecule has 6 heteroatoms. The molecule has 2 aromatic rings. The van der Waals surface area contributed by atoms with E-state index in [4.69, 9.17) is 4.74 Å². The van der Waals surface area contributed by atoms with Gasteiger partial charge in [0.1, 0.15) is 5.92 Å². The van der Waals surface area contributed by atoms with E-state index in [1.165, 1.54) is 0 Å². The van der Waals surface area contributed by atoms with E-state index in [-0.39, 0.29) is 5.97 Å². The topological polar surface area (TPSA) is 69.4 Å². The van der Waals surface area contributed by atoms with E-state index < -0.39 is 5.92 Å². The molecular formula is C13H18N4O2. The lowest BCUT2D eigenvalue weighted by molar-refractivity contribution is -0.145. The van der Waals surface area contributed by atoms with Crippen molar-refractivity contribution in [3.05, 3.63) is 24.4 Å². The number of carbonyl (C=O) groups is 1. The fourth-order valence-electron chi connectivity index (χ4n) is 2.03. The maximum absolute atomic E-state index is 12.1. The van der Waals surface area contributed by atoms with Gasteiger partial charge in [-0.05, 0) is 19.3 Å². The summed E-state index contributed by atoms with van der Waals surface area (Å²) in [4.78, 5) is 16.1. The molecular weight excluding hydrogens is 244 g/mol. The van der Waals surface area contributed by atoms with Gasteiger partial charge in [0.25, 0.3) is 0 Å². The van der Waals surface area contributed by atoms with Crippen molar-refractivity contribution >= 4 is 11.6 Å². The fraction of sp³-hybridized carbons (Fsp3) is 0.538. The van der Waals surface area contributed by atoms with Gasteiger partial charge >= 0.3 is 5.97 Å². The summed E-state index contributed by atoms with van der Waals surface area (Å²) in [6.45, 7) is 6.30. The Balaban J connectivity index is 2.39. The molecule has 1 unspecified atom stereocenters. The van der Waals surface area contributed by atoms with Crippen molar-refractivity contribution in [3.63, 3.8) is 0 Å². The summed E-state index contributed by atoms with van der Waals surface area (Å²) in [6, 6.07) is 0. The molecule has 0 fully saturated rings. The Morgan fingerprint density at radius 1 is 1.42 bits per heavy atom. The number of hydrogen-bond acceptors (Lipinski definition) is 5. The maximum atomic E-state index is 12.1. The molecule has 0 amide bonds. The SMILES string of the molecule is CCOC(=O)C(CC(C)C)c1nnc2cnccn12. The van der Waals surface area contributed by atoms with E-state index in [1.54, 1.807) is 29.9 Å². The van der Waals surface area contributed by atoms with E-state index in [9.17, 15) is 4.79 Å². The highest BCUT2D eigenvalue weighted by Gasteiger charge is 2.27. The van der Waals surface area contributed by atoms with Crippen molar-refractivity contribution < 1.29 is 9.53 Å². The van der Waals surface area contributed by atoms with E-state index in [0.717, 1.165) is 0 Å². The maximum Gasteiger partial charge on any atom is 0.316 e. The van der Waals surface area contributed by atoms with Crippen LogP contribution in [0.2, 0.25) is 0 Å². The minimum atomic E-state index is -0.391. The molecule has 0 N–H and O–H groups in total. The van der Waals surface area contributed by atoms with Crippen molar-refractivity contribution in [2.45, 2.75) is 33.1 Å². The first-order chi connectivity index (χ1) is 9.13. The molecule has 0 spiro atoms. The Labute approximate surface area is 111 Å². The highest BCUT2D eigenvalue weighted by atomic mass is 16.5. The van der Waals surface area contributed by atoms with E-state index in [1.807, 2.05) is 0 Å². The first kappa shape index (κ1) is 13.5. The van der Waals surface area contributed by atoms with Gasteiger partial charge in [-0.2, -0.15) is 0 Å². The number of esters is 1. The molecule has 2 heterocycles. The van der Waals surface area contributed by atoms with Crippen LogP contribution in [0.1, 0.15) is 38.9 Å². The van der Waals surface area contributed by atoms with Gasteiger partial charge in [0.2, 0.25) is 0 Å². The van der Waals surface area contributed by atoms with Gasteiger partial charge in [-0.15, -0.1) is 10.2 Å². The molecule has 0 saturated heterocycles. The van der Waals surface area contributed by atoms with Gasteiger partial charge in [-0.1, -0.05) is 13.8 Å². The molecule has 102 valence electrons. The predicted octanol–water partition coefficient (Wildman–Crippen LogP) is 1.82. The van der Waals surface area contributed by atoms with Gasteiger partial charge in [-0.3, -0.25) is 14.2 Å². The second kappa shape index (κ2) is 5.77. The highest BCUT2D eigenvalue weighted by molar-refractivity contribution is 5.77. The smallest absolute Gasteiger partial charge is 0.316 e. The Bertz CT molecular complexity index is 565. The van der Waals surface area contributed by atoms with Gasteiger partial charge < -0.3 is 4.74 Å². The number of nitrogens with zero attached hydrogens (tertiary/aromatic N) is 4. The molecule has 19 heavy (non-hydrogen) atoms. The number of rotatable bonds is 5. The first-order valence-electron chi connectivity index (χ1n) is 6.44. The number of ether oxygens (including phenoxy) is 1. The Kier molecular flexibility index (Phi) is 4.09. The van der Waals surface area contributed by atoms with E-state index in [2.05, 4.69) is 29.0 Å². The summed E-state index contributed by atoms with van der Waals surface area (Å²) in [6.07, 6.45) is 5.71. The molecule has 0 aliphatic rings. The summed E-state index contributed by atoms with van der Waals surface area (Å²) in [7, 11) is 0. The second-order valence-corrected chi connectivity index (χ2v) is 4.80. The molecule has 2 rings (SSSR count). The van der Waals surface area contributed by atoms with Crippen molar-refractivity contribution in [1.82, 2.24) is 19.6 Å². The van der Waals surface area contributed by atoms with Crippen LogP contribution in [0.25, 0.3) is 5.65 Å². The standard InChI is InChI=1S/C13H18N4O2/c1-4-19-13(18)10(7-9(2)3)12-16-15-11-8-14-5-6-17(11)12/h5-6,8-10H,4,7H2,1-3H3.